The lowest BCUT2D eigenvalue weighted by atomic mass is 10.1. The molecule has 8 heteroatoms. The number of morpholine rings is 1. The van der Waals surface area contributed by atoms with Gasteiger partial charge in [0.15, 0.2) is 5.96 Å². The molecule has 0 saturated carbocycles. The number of benzene rings is 2. The van der Waals surface area contributed by atoms with Crippen molar-refractivity contribution in [2.75, 3.05) is 46.0 Å². The summed E-state index contributed by atoms with van der Waals surface area (Å²) in [6.07, 6.45) is -0.615. The Bertz CT molecular complexity index is 816. The molecule has 0 aliphatic carbocycles. The van der Waals surface area contributed by atoms with E-state index in [2.05, 4.69) is 39.8 Å². The van der Waals surface area contributed by atoms with E-state index in [1.807, 2.05) is 37.3 Å². The summed E-state index contributed by atoms with van der Waals surface area (Å²) in [5.41, 5.74) is 3.60. The third-order valence-electron chi connectivity index (χ3n) is 5.29. The molecule has 1 atom stereocenters. The lowest BCUT2D eigenvalue weighted by molar-refractivity contribution is 0.0308. The molecule has 0 amide bonds. The summed E-state index contributed by atoms with van der Waals surface area (Å²) in [6, 6.07) is 18.4. The third-order valence-corrected chi connectivity index (χ3v) is 5.29. The molecule has 2 aromatic rings. The molecule has 2 aromatic carbocycles. The maximum atomic E-state index is 10.3. The zero-order valence-electron chi connectivity index (χ0n) is 19.4. The van der Waals surface area contributed by atoms with Gasteiger partial charge < -0.3 is 25.2 Å². The molecule has 7 nitrogen and oxygen atoms in total. The molecule has 3 rings (SSSR count). The second kappa shape index (κ2) is 16.0. The van der Waals surface area contributed by atoms with Crippen molar-refractivity contribution in [3.05, 3.63) is 71.3 Å². The summed E-state index contributed by atoms with van der Waals surface area (Å²) in [5, 5.41) is 16.7. The molecule has 1 saturated heterocycles. The van der Waals surface area contributed by atoms with Gasteiger partial charge in [-0.1, -0.05) is 54.6 Å². The fourth-order valence-corrected chi connectivity index (χ4v) is 3.53. The minimum atomic E-state index is -0.615. The second-order valence-electron chi connectivity index (χ2n) is 7.89. The lowest BCUT2D eigenvalue weighted by Gasteiger charge is -2.27. The third kappa shape index (κ3) is 10.4. The highest BCUT2D eigenvalue weighted by Gasteiger charge is 2.13. The Morgan fingerprint density at radius 3 is 2.48 bits per heavy atom. The summed E-state index contributed by atoms with van der Waals surface area (Å²) in [7, 11) is 0. The van der Waals surface area contributed by atoms with E-state index in [1.54, 1.807) is 0 Å². The lowest BCUT2D eigenvalue weighted by Crippen LogP contribution is -2.42. The van der Waals surface area contributed by atoms with Crippen LogP contribution in [-0.4, -0.2) is 68.1 Å². The fraction of sp³-hybridized carbons (Fsp3) is 0.480. The van der Waals surface area contributed by atoms with Crippen LogP contribution in [0.5, 0.6) is 0 Å². The Balaban J connectivity index is 0.00000385. The molecule has 1 aliphatic rings. The highest BCUT2D eigenvalue weighted by atomic mass is 127. The number of guanidine groups is 1. The maximum absolute atomic E-state index is 10.3. The summed E-state index contributed by atoms with van der Waals surface area (Å²) >= 11 is 0. The summed E-state index contributed by atoms with van der Waals surface area (Å²) < 4.78 is 11.1. The van der Waals surface area contributed by atoms with Crippen LogP contribution in [-0.2, 0) is 29.2 Å². The van der Waals surface area contributed by atoms with E-state index in [1.165, 1.54) is 11.1 Å². The Labute approximate surface area is 214 Å². The van der Waals surface area contributed by atoms with E-state index in [4.69, 9.17) is 14.5 Å². The first kappa shape index (κ1) is 27.5. The number of ether oxygens (including phenoxy) is 2. The van der Waals surface area contributed by atoms with Gasteiger partial charge in [-0.2, -0.15) is 0 Å². The molecular formula is C25H37IN4O3. The van der Waals surface area contributed by atoms with Crippen LogP contribution in [0.2, 0.25) is 0 Å². The number of nitrogens with one attached hydrogen (secondary N) is 2. The maximum Gasteiger partial charge on any atom is 0.191 e. The molecule has 1 heterocycles. The summed E-state index contributed by atoms with van der Waals surface area (Å²) in [4.78, 5) is 7.15. The van der Waals surface area contributed by atoms with Gasteiger partial charge in [-0.3, -0.25) is 4.90 Å². The van der Waals surface area contributed by atoms with Crippen molar-refractivity contribution in [2.24, 2.45) is 4.99 Å². The number of hydrogen-bond acceptors (Lipinski definition) is 5. The summed E-state index contributed by atoms with van der Waals surface area (Å²) in [5.74, 6) is 0.691. The molecule has 182 valence electrons. The smallest absolute Gasteiger partial charge is 0.191 e. The molecule has 1 unspecified atom stereocenters. The molecule has 1 fully saturated rings. The van der Waals surface area contributed by atoms with Crippen molar-refractivity contribution < 1.29 is 14.6 Å². The van der Waals surface area contributed by atoms with Gasteiger partial charge in [0.25, 0.3) is 0 Å². The van der Waals surface area contributed by atoms with Crippen molar-refractivity contribution in [1.29, 1.82) is 0 Å². The van der Waals surface area contributed by atoms with Gasteiger partial charge in [0, 0.05) is 32.7 Å². The Kier molecular flexibility index (Phi) is 13.3. The van der Waals surface area contributed by atoms with E-state index >= 15 is 0 Å². The Morgan fingerprint density at radius 2 is 1.76 bits per heavy atom. The second-order valence-corrected chi connectivity index (χ2v) is 7.89. The number of hydrogen-bond donors (Lipinski definition) is 3. The fourth-order valence-electron chi connectivity index (χ4n) is 3.53. The normalized spacial score (nSPS) is 15.5. The first-order chi connectivity index (χ1) is 15.7. The first-order valence-corrected chi connectivity index (χ1v) is 11.4. The zero-order valence-corrected chi connectivity index (χ0v) is 21.7. The Hall–Kier alpha value is -1.72. The molecular weight excluding hydrogens is 531 g/mol. The van der Waals surface area contributed by atoms with Crippen molar-refractivity contribution in [1.82, 2.24) is 15.5 Å². The molecule has 0 spiro atoms. The van der Waals surface area contributed by atoms with Crippen LogP contribution in [0.1, 0.15) is 23.6 Å². The first-order valence-electron chi connectivity index (χ1n) is 11.4. The van der Waals surface area contributed by atoms with Crippen molar-refractivity contribution in [3.63, 3.8) is 0 Å². The van der Waals surface area contributed by atoms with Gasteiger partial charge in [0.1, 0.15) is 0 Å². The van der Waals surface area contributed by atoms with Crippen LogP contribution in [0.15, 0.2) is 59.6 Å². The number of halogens is 1. The molecule has 0 bridgehead atoms. The van der Waals surface area contributed by atoms with Crippen molar-refractivity contribution in [2.45, 2.75) is 32.7 Å². The van der Waals surface area contributed by atoms with Gasteiger partial charge in [0.05, 0.1) is 39.1 Å². The highest BCUT2D eigenvalue weighted by Crippen LogP contribution is 2.14. The van der Waals surface area contributed by atoms with Gasteiger partial charge in [-0.05, 0) is 23.6 Å². The number of rotatable bonds is 11. The van der Waals surface area contributed by atoms with Crippen LogP contribution in [0.4, 0.5) is 0 Å². The van der Waals surface area contributed by atoms with E-state index in [0.717, 1.165) is 45.0 Å². The van der Waals surface area contributed by atoms with E-state index in [0.29, 0.717) is 25.7 Å². The standard InChI is InChI=1S/C25H36N4O3.HI/c1-2-26-25(28-17-24(30)20-32-19-21-8-4-3-5-9-21)27-16-22-10-6-7-11-23(22)18-29-12-14-31-15-13-29;/h3-11,24,30H,2,12-20H2,1H3,(H2,26,27,28);1H. The summed E-state index contributed by atoms with van der Waals surface area (Å²) in [6.45, 7) is 8.93. The SMILES string of the molecule is CCNC(=NCc1ccccc1CN1CCOCC1)NCC(O)COCc1ccccc1.I. The molecule has 3 N–H and O–H groups in total. The topological polar surface area (TPSA) is 78.4 Å². The number of aliphatic imine (C=N–C) groups is 1. The van der Waals surface area contributed by atoms with Gasteiger partial charge in [-0.15, -0.1) is 24.0 Å². The monoisotopic (exact) mass is 568 g/mol. The molecule has 33 heavy (non-hydrogen) atoms. The van der Waals surface area contributed by atoms with Crippen LogP contribution >= 0.6 is 24.0 Å². The van der Waals surface area contributed by atoms with Crippen LogP contribution in [0.3, 0.4) is 0 Å². The van der Waals surface area contributed by atoms with Crippen LogP contribution in [0, 0.1) is 0 Å². The highest BCUT2D eigenvalue weighted by molar-refractivity contribution is 14.0. The minimum Gasteiger partial charge on any atom is -0.389 e. The van der Waals surface area contributed by atoms with E-state index in [-0.39, 0.29) is 30.6 Å². The average Bonchev–Trinajstić information content (AvgIpc) is 2.83. The Morgan fingerprint density at radius 1 is 1.06 bits per heavy atom. The van der Waals surface area contributed by atoms with E-state index in [9.17, 15) is 5.11 Å². The van der Waals surface area contributed by atoms with Crippen molar-refractivity contribution >= 4 is 29.9 Å². The number of aliphatic hydroxyl groups is 1. The average molecular weight is 569 g/mol. The zero-order chi connectivity index (χ0) is 22.4. The largest absolute Gasteiger partial charge is 0.389 e. The predicted octanol–water partition coefficient (Wildman–Crippen LogP) is 2.77. The molecule has 0 radical (unpaired) electrons. The van der Waals surface area contributed by atoms with E-state index < -0.39 is 6.10 Å². The minimum absolute atomic E-state index is 0. The van der Waals surface area contributed by atoms with Crippen molar-refractivity contribution in [3.8, 4) is 0 Å². The van der Waals surface area contributed by atoms with Gasteiger partial charge in [-0.25, -0.2) is 4.99 Å². The molecule has 1 aliphatic heterocycles. The predicted molar refractivity (Wildman–Crippen MR) is 143 cm³/mol. The van der Waals surface area contributed by atoms with Crippen LogP contribution in [0.25, 0.3) is 0 Å². The van der Waals surface area contributed by atoms with Gasteiger partial charge in [0.2, 0.25) is 0 Å². The van der Waals surface area contributed by atoms with Crippen LogP contribution < -0.4 is 10.6 Å². The number of aliphatic hydroxyl groups excluding tert-OH is 1. The number of nitrogens with zero attached hydrogens (tertiary/aromatic N) is 2. The van der Waals surface area contributed by atoms with Gasteiger partial charge >= 0.3 is 0 Å². The molecule has 0 aromatic heterocycles. The quantitative estimate of drug-likeness (QED) is 0.220.